The predicted molar refractivity (Wildman–Crippen MR) is 89.2 cm³/mol. The lowest BCUT2D eigenvalue weighted by molar-refractivity contribution is 0.248. The van der Waals surface area contributed by atoms with Crippen LogP contribution in [0.15, 0.2) is 30.6 Å². The zero-order valence-electron chi connectivity index (χ0n) is 13.6. The maximum atomic E-state index is 12.3. The number of nitrogens with one attached hydrogen (secondary N) is 2. The van der Waals surface area contributed by atoms with Gasteiger partial charge in [0.15, 0.2) is 0 Å². The molecule has 1 aliphatic rings. The number of anilines is 1. The van der Waals surface area contributed by atoms with Gasteiger partial charge in [0.1, 0.15) is 5.82 Å². The van der Waals surface area contributed by atoms with Gasteiger partial charge in [-0.3, -0.25) is 15.0 Å². The van der Waals surface area contributed by atoms with Crippen molar-refractivity contribution < 1.29 is 4.79 Å². The summed E-state index contributed by atoms with van der Waals surface area (Å²) in [5.74, 6) is 1.29. The lowest BCUT2D eigenvalue weighted by Crippen LogP contribution is -2.32. The molecule has 6 nitrogen and oxygen atoms in total. The zero-order valence-corrected chi connectivity index (χ0v) is 13.6. The topological polar surface area (TPSA) is 71.8 Å². The van der Waals surface area contributed by atoms with Crippen LogP contribution in [0.25, 0.3) is 0 Å². The number of nitrogens with zero attached hydrogens (tertiary/aromatic N) is 3. The van der Waals surface area contributed by atoms with Crippen LogP contribution >= 0.6 is 0 Å². The molecule has 0 spiro atoms. The van der Waals surface area contributed by atoms with Crippen molar-refractivity contribution in [2.24, 2.45) is 7.05 Å². The third kappa shape index (κ3) is 3.52. The molecule has 0 aliphatic heterocycles. The van der Waals surface area contributed by atoms with Gasteiger partial charge in [0.2, 0.25) is 0 Å². The number of aryl methyl sites for hydroxylation is 1. The summed E-state index contributed by atoms with van der Waals surface area (Å²) in [6.45, 7) is 2.05. The maximum Gasteiger partial charge on any atom is 0.320 e. The van der Waals surface area contributed by atoms with E-state index in [9.17, 15) is 4.79 Å². The van der Waals surface area contributed by atoms with Gasteiger partial charge in [-0.1, -0.05) is 13.3 Å². The molecule has 6 heteroatoms. The fourth-order valence-electron chi connectivity index (χ4n) is 2.84. The van der Waals surface area contributed by atoms with E-state index in [1.165, 1.54) is 19.3 Å². The number of hydrogen-bond donors (Lipinski definition) is 2. The molecule has 0 saturated heterocycles. The summed E-state index contributed by atoms with van der Waals surface area (Å²) in [5, 5.41) is 10.4. The predicted octanol–water partition coefficient (Wildman–Crippen LogP) is 3.36. The zero-order chi connectivity index (χ0) is 16.2. The van der Waals surface area contributed by atoms with Crippen LogP contribution in [0.1, 0.15) is 55.8 Å². The summed E-state index contributed by atoms with van der Waals surface area (Å²) in [7, 11) is 1.86. The molecular formula is C17H23N5O. The fourth-order valence-corrected chi connectivity index (χ4v) is 2.84. The third-order valence-corrected chi connectivity index (χ3v) is 4.49. The summed E-state index contributed by atoms with van der Waals surface area (Å²) in [4.78, 5) is 16.3. The highest BCUT2D eigenvalue weighted by Gasteiger charge is 2.23. The molecule has 1 aliphatic carbocycles. The largest absolute Gasteiger partial charge is 0.331 e. The molecule has 122 valence electrons. The molecule has 0 radical (unpaired) electrons. The van der Waals surface area contributed by atoms with Crippen molar-refractivity contribution in [3.63, 3.8) is 0 Å². The van der Waals surface area contributed by atoms with Crippen molar-refractivity contribution in [3.8, 4) is 0 Å². The lowest BCUT2D eigenvalue weighted by Gasteiger charge is -2.22. The lowest BCUT2D eigenvalue weighted by atomic mass is 9.83. The Bertz CT molecular complexity index is 663. The number of rotatable bonds is 5. The Morgan fingerprint density at radius 2 is 2.13 bits per heavy atom. The van der Waals surface area contributed by atoms with Gasteiger partial charge in [0, 0.05) is 31.4 Å². The highest BCUT2D eigenvalue weighted by atomic mass is 16.2. The normalized spacial score (nSPS) is 15.7. The second kappa shape index (κ2) is 6.81. The Balaban J connectivity index is 1.63. The van der Waals surface area contributed by atoms with E-state index in [-0.39, 0.29) is 12.1 Å². The van der Waals surface area contributed by atoms with Gasteiger partial charge in [-0.25, -0.2) is 4.79 Å². The average molecular weight is 313 g/mol. The highest BCUT2D eigenvalue weighted by Crippen LogP contribution is 2.36. The van der Waals surface area contributed by atoms with Crippen molar-refractivity contribution in [1.29, 1.82) is 0 Å². The van der Waals surface area contributed by atoms with Crippen LogP contribution in [-0.2, 0) is 7.05 Å². The first-order valence-corrected chi connectivity index (χ1v) is 8.18. The van der Waals surface area contributed by atoms with Gasteiger partial charge < -0.3 is 5.32 Å². The van der Waals surface area contributed by atoms with Crippen LogP contribution in [0, 0.1) is 0 Å². The Hall–Kier alpha value is -2.37. The van der Waals surface area contributed by atoms with Crippen LogP contribution in [0.4, 0.5) is 10.6 Å². The first-order valence-electron chi connectivity index (χ1n) is 8.18. The number of amides is 2. The van der Waals surface area contributed by atoms with Crippen LogP contribution in [0.3, 0.4) is 0 Å². The van der Waals surface area contributed by atoms with Gasteiger partial charge in [-0.2, -0.15) is 5.10 Å². The molecule has 0 bridgehead atoms. The Morgan fingerprint density at radius 1 is 1.39 bits per heavy atom. The smallest absolute Gasteiger partial charge is 0.320 e. The first kappa shape index (κ1) is 15.5. The van der Waals surface area contributed by atoms with E-state index in [0.29, 0.717) is 5.92 Å². The van der Waals surface area contributed by atoms with E-state index in [1.807, 2.05) is 32.2 Å². The molecule has 2 amide bonds. The summed E-state index contributed by atoms with van der Waals surface area (Å²) < 4.78 is 1.74. The molecule has 2 heterocycles. The summed E-state index contributed by atoms with van der Waals surface area (Å²) in [6.07, 6.45) is 7.96. The summed E-state index contributed by atoms with van der Waals surface area (Å²) in [6, 6.07) is 5.59. The highest BCUT2D eigenvalue weighted by molar-refractivity contribution is 5.88. The monoisotopic (exact) mass is 313 g/mol. The van der Waals surface area contributed by atoms with E-state index in [1.54, 1.807) is 17.1 Å². The number of carbonyl (C=O) groups excluding carboxylic acids is 1. The number of aromatic nitrogens is 3. The molecule has 2 aromatic heterocycles. The molecule has 0 aromatic carbocycles. The Kier molecular flexibility index (Phi) is 4.60. The SMILES string of the molecule is CCC(NC(=O)Nc1cc(C2CCC2)nn1C)c1ccncc1. The number of pyridine rings is 1. The van der Waals surface area contributed by atoms with Crippen molar-refractivity contribution in [2.75, 3.05) is 5.32 Å². The average Bonchev–Trinajstić information content (AvgIpc) is 2.84. The Morgan fingerprint density at radius 3 is 2.74 bits per heavy atom. The summed E-state index contributed by atoms with van der Waals surface area (Å²) in [5.41, 5.74) is 2.13. The second-order valence-corrected chi connectivity index (χ2v) is 6.05. The minimum absolute atomic E-state index is 0.0302. The Labute approximate surface area is 136 Å². The molecule has 1 fully saturated rings. The van der Waals surface area contributed by atoms with Gasteiger partial charge in [0.05, 0.1) is 11.7 Å². The van der Waals surface area contributed by atoms with Gasteiger partial charge in [-0.15, -0.1) is 0 Å². The van der Waals surface area contributed by atoms with E-state index in [0.717, 1.165) is 23.5 Å². The van der Waals surface area contributed by atoms with E-state index in [4.69, 9.17) is 0 Å². The quantitative estimate of drug-likeness (QED) is 0.889. The van der Waals surface area contributed by atoms with Crippen LogP contribution in [0.5, 0.6) is 0 Å². The second-order valence-electron chi connectivity index (χ2n) is 6.05. The van der Waals surface area contributed by atoms with Crippen LogP contribution < -0.4 is 10.6 Å². The number of urea groups is 1. The molecule has 3 rings (SSSR count). The van der Waals surface area contributed by atoms with Crippen LogP contribution in [0.2, 0.25) is 0 Å². The maximum absolute atomic E-state index is 12.3. The number of hydrogen-bond acceptors (Lipinski definition) is 3. The van der Waals surface area contributed by atoms with Crippen molar-refractivity contribution in [2.45, 2.75) is 44.6 Å². The van der Waals surface area contributed by atoms with Gasteiger partial charge >= 0.3 is 6.03 Å². The minimum Gasteiger partial charge on any atom is -0.331 e. The molecule has 2 N–H and O–H groups in total. The molecule has 1 saturated carbocycles. The fraction of sp³-hybridized carbons (Fsp3) is 0.471. The minimum atomic E-state index is -0.211. The van der Waals surface area contributed by atoms with E-state index >= 15 is 0 Å². The number of carbonyl (C=O) groups is 1. The molecule has 1 atom stereocenters. The standard InChI is InChI=1S/C17H23N5O/c1-3-14(13-7-9-18-10-8-13)19-17(23)20-16-11-15(21-22(16)2)12-5-4-6-12/h7-12,14H,3-6H2,1-2H3,(H2,19,20,23). The van der Waals surface area contributed by atoms with Crippen molar-refractivity contribution in [3.05, 3.63) is 41.9 Å². The van der Waals surface area contributed by atoms with Crippen LogP contribution in [-0.4, -0.2) is 20.8 Å². The van der Waals surface area contributed by atoms with E-state index in [2.05, 4.69) is 20.7 Å². The van der Waals surface area contributed by atoms with E-state index < -0.39 is 0 Å². The van der Waals surface area contributed by atoms with Crippen molar-refractivity contribution in [1.82, 2.24) is 20.1 Å². The molecular weight excluding hydrogens is 290 g/mol. The molecule has 23 heavy (non-hydrogen) atoms. The molecule has 2 aromatic rings. The van der Waals surface area contributed by atoms with Crippen molar-refractivity contribution >= 4 is 11.8 Å². The third-order valence-electron chi connectivity index (χ3n) is 4.49. The molecule has 1 unspecified atom stereocenters. The van der Waals surface area contributed by atoms with Gasteiger partial charge in [-0.05, 0) is 37.0 Å². The van der Waals surface area contributed by atoms with Gasteiger partial charge in [0.25, 0.3) is 0 Å². The first-order chi connectivity index (χ1) is 11.2. The summed E-state index contributed by atoms with van der Waals surface area (Å²) >= 11 is 0.